The van der Waals surface area contributed by atoms with Crippen LogP contribution in [0.1, 0.15) is 101 Å². The molecule has 0 aromatic heterocycles. The summed E-state index contributed by atoms with van der Waals surface area (Å²) in [7, 11) is 1.43. The number of ether oxygens (including phenoxy) is 2. The smallest absolute Gasteiger partial charge is 0.305 e. The SMILES string of the molecule is CCCCCC(OC(C)=O)c1ccc([C@@H]2[C@@H](CC=CCCCC(=O)OC)CC[C@@H]2Cl)cc1. The minimum absolute atomic E-state index is 0.146. The number of alkyl halides is 1. The molecule has 1 aliphatic carbocycles. The van der Waals surface area contributed by atoms with E-state index in [9.17, 15) is 9.59 Å². The van der Waals surface area contributed by atoms with Crippen LogP contribution in [0.3, 0.4) is 0 Å². The highest BCUT2D eigenvalue weighted by Gasteiger charge is 2.35. The van der Waals surface area contributed by atoms with Gasteiger partial charge in [-0.15, -0.1) is 11.6 Å². The Kier molecular flexibility index (Phi) is 11.9. The third-order valence-electron chi connectivity index (χ3n) is 6.37. The van der Waals surface area contributed by atoms with Crippen LogP contribution >= 0.6 is 11.6 Å². The zero-order valence-corrected chi connectivity index (χ0v) is 20.6. The molecule has 2 rings (SSSR count). The normalized spacial score (nSPS) is 21.6. The van der Waals surface area contributed by atoms with Crippen molar-refractivity contribution in [1.82, 2.24) is 0 Å². The van der Waals surface area contributed by atoms with Crippen molar-refractivity contribution in [1.29, 1.82) is 0 Å². The lowest BCUT2D eigenvalue weighted by Gasteiger charge is -2.23. The standard InChI is InChI=1S/C27H39ClO4/c1-4-5-8-12-25(32-20(2)29)21-14-16-23(17-15-21)27-22(18-19-24(27)28)11-9-6-7-10-13-26(30)31-3/h6,9,14-17,22,24-25,27H,4-5,7-8,10-13,18-19H2,1-3H3/t22-,24-,25?,27-/m0/s1. The molecule has 4 nitrogen and oxygen atoms in total. The van der Waals surface area contributed by atoms with Gasteiger partial charge in [0.1, 0.15) is 6.10 Å². The van der Waals surface area contributed by atoms with Crippen molar-refractivity contribution in [3.63, 3.8) is 0 Å². The van der Waals surface area contributed by atoms with Gasteiger partial charge in [0.05, 0.1) is 7.11 Å². The molecule has 1 aliphatic rings. The lowest BCUT2D eigenvalue weighted by atomic mass is 9.85. The molecule has 0 heterocycles. The predicted octanol–water partition coefficient (Wildman–Crippen LogP) is 7.26. The van der Waals surface area contributed by atoms with E-state index in [-0.39, 0.29) is 23.4 Å². The Bertz CT molecular complexity index is 728. The predicted molar refractivity (Wildman–Crippen MR) is 130 cm³/mol. The Morgan fingerprint density at radius 3 is 2.53 bits per heavy atom. The van der Waals surface area contributed by atoms with E-state index in [1.54, 1.807) is 0 Å². The number of carbonyl (C=O) groups is 2. The van der Waals surface area contributed by atoms with Crippen LogP contribution in [-0.2, 0) is 19.1 Å². The van der Waals surface area contributed by atoms with Crippen molar-refractivity contribution >= 4 is 23.5 Å². The fraction of sp³-hybridized carbons (Fsp3) is 0.630. The fourth-order valence-electron chi connectivity index (χ4n) is 4.63. The second-order valence-electron chi connectivity index (χ2n) is 8.82. The maximum Gasteiger partial charge on any atom is 0.305 e. The number of rotatable bonds is 13. The summed E-state index contributed by atoms with van der Waals surface area (Å²) >= 11 is 6.73. The van der Waals surface area contributed by atoms with Crippen LogP contribution in [0.5, 0.6) is 0 Å². The Morgan fingerprint density at radius 1 is 1.12 bits per heavy atom. The number of halogens is 1. The first-order chi connectivity index (χ1) is 15.5. The molecule has 0 saturated heterocycles. The van der Waals surface area contributed by atoms with Gasteiger partial charge < -0.3 is 9.47 Å². The van der Waals surface area contributed by atoms with E-state index in [4.69, 9.17) is 16.3 Å². The molecule has 1 unspecified atom stereocenters. The van der Waals surface area contributed by atoms with Gasteiger partial charge in [0.2, 0.25) is 0 Å². The molecule has 0 bridgehead atoms. The molecule has 0 amide bonds. The van der Waals surface area contributed by atoms with Crippen LogP contribution < -0.4 is 0 Å². The first kappa shape index (κ1) is 26.4. The molecule has 178 valence electrons. The van der Waals surface area contributed by atoms with E-state index >= 15 is 0 Å². The molecule has 0 spiro atoms. The van der Waals surface area contributed by atoms with Crippen molar-refractivity contribution in [2.24, 2.45) is 5.92 Å². The van der Waals surface area contributed by atoms with Crippen LogP contribution in [-0.4, -0.2) is 24.4 Å². The van der Waals surface area contributed by atoms with Crippen LogP contribution in [0.2, 0.25) is 0 Å². The molecule has 4 atom stereocenters. The minimum Gasteiger partial charge on any atom is -0.469 e. The number of hydrogen-bond acceptors (Lipinski definition) is 4. The summed E-state index contributed by atoms with van der Waals surface area (Å²) in [5.41, 5.74) is 2.33. The molecule has 5 heteroatoms. The Balaban J connectivity index is 1.97. The van der Waals surface area contributed by atoms with Gasteiger partial charge in [-0.05, 0) is 62.0 Å². The topological polar surface area (TPSA) is 52.6 Å². The van der Waals surface area contributed by atoms with Gasteiger partial charge in [0.25, 0.3) is 0 Å². The van der Waals surface area contributed by atoms with Gasteiger partial charge in [-0.2, -0.15) is 0 Å². The van der Waals surface area contributed by atoms with E-state index in [1.165, 1.54) is 19.6 Å². The van der Waals surface area contributed by atoms with E-state index < -0.39 is 0 Å². The zero-order valence-electron chi connectivity index (χ0n) is 19.9. The molecule has 0 aliphatic heterocycles. The monoisotopic (exact) mass is 462 g/mol. The van der Waals surface area contributed by atoms with E-state index in [0.29, 0.717) is 18.3 Å². The summed E-state index contributed by atoms with van der Waals surface area (Å²) in [6.07, 6.45) is 13.8. The fourth-order valence-corrected chi connectivity index (χ4v) is 5.11. The summed E-state index contributed by atoms with van der Waals surface area (Å²) in [5.74, 6) is 0.473. The van der Waals surface area contributed by atoms with Crippen molar-refractivity contribution in [3.8, 4) is 0 Å². The van der Waals surface area contributed by atoms with Crippen molar-refractivity contribution < 1.29 is 19.1 Å². The maximum absolute atomic E-state index is 11.6. The minimum atomic E-state index is -0.231. The van der Waals surface area contributed by atoms with E-state index in [0.717, 1.165) is 63.4 Å². The largest absolute Gasteiger partial charge is 0.469 e. The van der Waals surface area contributed by atoms with Crippen molar-refractivity contribution in [3.05, 3.63) is 47.5 Å². The van der Waals surface area contributed by atoms with Crippen LogP contribution in [0.15, 0.2) is 36.4 Å². The number of methoxy groups -OCH3 is 1. The average molecular weight is 463 g/mol. The number of hydrogen-bond donors (Lipinski definition) is 0. The first-order valence-electron chi connectivity index (χ1n) is 12.1. The van der Waals surface area contributed by atoms with Gasteiger partial charge in [-0.25, -0.2) is 0 Å². The van der Waals surface area contributed by atoms with E-state index in [1.807, 2.05) is 0 Å². The lowest BCUT2D eigenvalue weighted by Crippen LogP contribution is -2.13. The second-order valence-corrected chi connectivity index (χ2v) is 9.38. The number of benzene rings is 1. The molecule has 1 fully saturated rings. The van der Waals surface area contributed by atoms with Gasteiger partial charge in [-0.1, -0.05) is 56.2 Å². The van der Waals surface area contributed by atoms with Gasteiger partial charge >= 0.3 is 11.9 Å². The Hall–Kier alpha value is -1.81. The Morgan fingerprint density at radius 2 is 1.88 bits per heavy atom. The third kappa shape index (κ3) is 8.61. The maximum atomic E-state index is 11.6. The zero-order chi connectivity index (χ0) is 23.3. The summed E-state index contributed by atoms with van der Waals surface area (Å²) in [6, 6.07) is 8.56. The number of allylic oxidation sites excluding steroid dienone is 2. The van der Waals surface area contributed by atoms with Gasteiger partial charge in [-0.3, -0.25) is 9.59 Å². The van der Waals surface area contributed by atoms with Crippen LogP contribution in [0, 0.1) is 5.92 Å². The molecule has 1 saturated carbocycles. The van der Waals surface area contributed by atoms with Gasteiger partial charge in [0, 0.05) is 24.6 Å². The summed E-state index contributed by atoms with van der Waals surface area (Å²) < 4.78 is 10.3. The summed E-state index contributed by atoms with van der Waals surface area (Å²) in [6.45, 7) is 3.65. The quantitative estimate of drug-likeness (QED) is 0.134. The summed E-state index contributed by atoms with van der Waals surface area (Å²) in [4.78, 5) is 22.8. The molecule has 0 N–H and O–H groups in total. The van der Waals surface area contributed by atoms with Gasteiger partial charge in [0.15, 0.2) is 0 Å². The highest BCUT2D eigenvalue weighted by molar-refractivity contribution is 6.21. The molecular formula is C27H39ClO4. The third-order valence-corrected chi connectivity index (χ3v) is 6.86. The second kappa shape index (κ2) is 14.4. The summed E-state index contributed by atoms with van der Waals surface area (Å²) in [5, 5.41) is 0.146. The van der Waals surface area contributed by atoms with E-state index in [2.05, 4.69) is 48.1 Å². The molecule has 32 heavy (non-hydrogen) atoms. The highest BCUT2D eigenvalue weighted by Crippen LogP contribution is 2.45. The molecular weight excluding hydrogens is 424 g/mol. The number of esters is 2. The van der Waals surface area contributed by atoms with Crippen molar-refractivity contribution in [2.45, 2.75) is 95.5 Å². The molecule has 1 aromatic rings. The van der Waals surface area contributed by atoms with Crippen LogP contribution in [0.4, 0.5) is 0 Å². The molecule has 0 radical (unpaired) electrons. The highest BCUT2D eigenvalue weighted by atomic mass is 35.5. The number of carbonyl (C=O) groups excluding carboxylic acids is 2. The first-order valence-corrected chi connectivity index (χ1v) is 12.5. The van der Waals surface area contributed by atoms with Crippen molar-refractivity contribution in [2.75, 3.05) is 7.11 Å². The Labute approximate surface area is 198 Å². The number of unbranched alkanes of at least 4 members (excludes halogenated alkanes) is 3. The lowest BCUT2D eigenvalue weighted by molar-refractivity contribution is -0.147. The van der Waals surface area contributed by atoms with Crippen LogP contribution in [0.25, 0.3) is 0 Å². The molecule has 1 aromatic carbocycles. The average Bonchev–Trinajstić information content (AvgIpc) is 3.15.